The van der Waals surface area contributed by atoms with Crippen LogP contribution in [0, 0.1) is 0 Å². The largest absolute Gasteiger partial charge is 0.374 e. The second-order valence-corrected chi connectivity index (χ2v) is 3.87. The second-order valence-electron chi connectivity index (χ2n) is 2.25. The van der Waals surface area contributed by atoms with Gasteiger partial charge in [-0.1, -0.05) is 0 Å². The first-order valence-corrected chi connectivity index (χ1v) is 4.95. The summed E-state index contributed by atoms with van der Waals surface area (Å²) in [5.74, 6) is 0.666. The van der Waals surface area contributed by atoms with Gasteiger partial charge in [0.25, 0.3) is 0 Å². The van der Waals surface area contributed by atoms with Gasteiger partial charge in [-0.25, -0.2) is 9.97 Å². The van der Waals surface area contributed by atoms with Gasteiger partial charge in [-0.05, 0) is 38.8 Å². The van der Waals surface area contributed by atoms with E-state index in [0.717, 1.165) is 9.21 Å². The maximum atomic E-state index is 5.08. The van der Waals surface area contributed by atoms with Gasteiger partial charge in [-0.15, -0.1) is 0 Å². The predicted molar refractivity (Wildman–Crippen MR) is 52.9 cm³/mol. The molecular formula is C7H8Br2N2O. The van der Waals surface area contributed by atoms with E-state index in [1.165, 1.54) is 0 Å². The molecule has 0 aliphatic heterocycles. The summed E-state index contributed by atoms with van der Waals surface area (Å²) in [5.41, 5.74) is 0. The number of aromatic nitrogens is 2. The van der Waals surface area contributed by atoms with E-state index in [-0.39, 0.29) is 6.10 Å². The summed E-state index contributed by atoms with van der Waals surface area (Å²) in [6.07, 6.45) is -0.0844. The highest BCUT2D eigenvalue weighted by Crippen LogP contribution is 2.18. The Morgan fingerprint density at radius 2 is 1.83 bits per heavy atom. The lowest BCUT2D eigenvalue weighted by molar-refractivity contribution is 0.111. The molecule has 5 heteroatoms. The highest BCUT2D eigenvalue weighted by molar-refractivity contribution is 9.11. The summed E-state index contributed by atoms with van der Waals surface area (Å²) >= 11 is 6.55. The minimum absolute atomic E-state index is 0.0844. The Morgan fingerprint density at radius 3 is 2.25 bits per heavy atom. The Kier molecular flexibility index (Phi) is 3.61. The summed E-state index contributed by atoms with van der Waals surface area (Å²) in [6, 6.07) is 1.78. The molecule has 0 saturated carbocycles. The molecule has 0 radical (unpaired) electrons. The molecule has 1 rings (SSSR count). The van der Waals surface area contributed by atoms with E-state index < -0.39 is 0 Å². The minimum atomic E-state index is -0.0844. The molecular weight excluding hydrogens is 288 g/mol. The van der Waals surface area contributed by atoms with Crippen molar-refractivity contribution < 1.29 is 4.74 Å². The maximum Gasteiger partial charge on any atom is 0.159 e. The molecule has 0 saturated heterocycles. The van der Waals surface area contributed by atoms with E-state index in [9.17, 15) is 0 Å². The molecule has 1 aromatic rings. The van der Waals surface area contributed by atoms with Crippen molar-refractivity contribution in [1.29, 1.82) is 0 Å². The van der Waals surface area contributed by atoms with Crippen molar-refractivity contribution in [2.24, 2.45) is 0 Å². The van der Waals surface area contributed by atoms with Crippen LogP contribution in [-0.4, -0.2) is 17.1 Å². The fourth-order valence-electron chi connectivity index (χ4n) is 0.694. The summed E-state index contributed by atoms with van der Waals surface area (Å²) in [6.45, 7) is 1.90. The maximum absolute atomic E-state index is 5.08. The Morgan fingerprint density at radius 1 is 1.33 bits per heavy atom. The van der Waals surface area contributed by atoms with Crippen molar-refractivity contribution in [1.82, 2.24) is 9.97 Å². The van der Waals surface area contributed by atoms with Crippen molar-refractivity contribution in [3.8, 4) is 0 Å². The van der Waals surface area contributed by atoms with E-state index in [1.54, 1.807) is 13.2 Å². The molecule has 1 unspecified atom stereocenters. The van der Waals surface area contributed by atoms with Gasteiger partial charge in [-0.2, -0.15) is 0 Å². The molecule has 0 N–H and O–H groups in total. The molecule has 1 atom stereocenters. The highest BCUT2D eigenvalue weighted by Gasteiger charge is 2.08. The number of rotatable bonds is 2. The van der Waals surface area contributed by atoms with Gasteiger partial charge < -0.3 is 4.74 Å². The number of ether oxygens (including phenoxy) is 1. The standard InChI is InChI=1S/C7H8Br2N2O/c1-4(12-2)7-10-5(8)3-6(9)11-7/h3-4H,1-2H3. The predicted octanol–water partition coefficient (Wildman–Crippen LogP) is 2.71. The first-order chi connectivity index (χ1) is 5.63. The third-order valence-corrected chi connectivity index (χ3v) is 2.21. The molecule has 0 aliphatic rings. The Hall–Kier alpha value is -0.0000000000000000555. The van der Waals surface area contributed by atoms with Crippen molar-refractivity contribution in [3.63, 3.8) is 0 Å². The highest BCUT2D eigenvalue weighted by atomic mass is 79.9. The van der Waals surface area contributed by atoms with Crippen LogP contribution in [0.3, 0.4) is 0 Å². The third-order valence-electron chi connectivity index (χ3n) is 1.40. The third kappa shape index (κ3) is 2.50. The first kappa shape index (κ1) is 10.1. The van der Waals surface area contributed by atoms with Crippen LogP contribution < -0.4 is 0 Å². The quantitative estimate of drug-likeness (QED) is 0.787. The zero-order valence-electron chi connectivity index (χ0n) is 6.71. The van der Waals surface area contributed by atoms with Gasteiger partial charge in [0, 0.05) is 13.2 Å². The summed E-state index contributed by atoms with van der Waals surface area (Å²) in [5, 5.41) is 0. The van der Waals surface area contributed by atoms with E-state index >= 15 is 0 Å². The molecule has 0 aromatic carbocycles. The zero-order valence-corrected chi connectivity index (χ0v) is 9.89. The van der Waals surface area contributed by atoms with Crippen LogP contribution >= 0.6 is 31.9 Å². The summed E-state index contributed by atoms with van der Waals surface area (Å²) < 4.78 is 6.59. The zero-order chi connectivity index (χ0) is 9.14. The van der Waals surface area contributed by atoms with Crippen LogP contribution in [0.15, 0.2) is 15.3 Å². The fourth-order valence-corrected chi connectivity index (χ4v) is 1.80. The number of hydrogen-bond acceptors (Lipinski definition) is 3. The molecule has 0 bridgehead atoms. The van der Waals surface area contributed by atoms with Crippen LogP contribution in [0.25, 0.3) is 0 Å². The Labute approximate surface area is 87.8 Å². The number of methoxy groups -OCH3 is 1. The van der Waals surface area contributed by atoms with E-state index in [1.807, 2.05) is 6.92 Å². The van der Waals surface area contributed by atoms with Crippen molar-refractivity contribution in [2.75, 3.05) is 7.11 Å². The smallest absolute Gasteiger partial charge is 0.159 e. The average molecular weight is 296 g/mol. The van der Waals surface area contributed by atoms with E-state index in [0.29, 0.717) is 5.82 Å². The molecule has 3 nitrogen and oxygen atoms in total. The van der Waals surface area contributed by atoms with Gasteiger partial charge in [0.1, 0.15) is 15.3 Å². The number of hydrogen-bond donors (Lipinski definition) is 0. The van der Waals surface area contributed by atoms with E-state index in [4.69, 9.17) is 4.74 Å². The number of halogens is 2. The van der Waals surface area contributed by atoms with E-state index in [2.05, 4.69) is 41.8 Å². The van der Waals surface area contributed by atoms with Gasteiger partial charge >= 0.3 is 0 Å². The normalized spacial score (nSPS) is 13.0. The van der Waals surface area contributed by atoms with Crippen LogP contribution in [-0.2, 0) is 4.74 Å². The van der Waals surface area contributed by atoms with Crippen LogP contribution in [0.1, 0.15) is 18.9 Å². The monoisotopic (exact) mass is 294 g/mol. The minimum Gasteiger partial charge on any atom is -0.374 e. The van der Waals surface area contributed by atoms with Gasteiger partial charge in [-0.3, -0.25) is 0 Å². The van der Waals surface area contributed by atoms with Crippen LogP contribution in [0.5, 0.6) is 0 Å². The topological polar surface area (TPSA) is 35.0 Å². The first-order valence-electron chi connectivity index (χ1n) is 3.36. The Balaban J connectivity index is 3.00. The van der Waals surface area contributed by atoms with Crippen molar-refractivity contribution in [2.45, 2.75) is 13.0 Å². The lowest BCUT2D eigenvalue weighted by Crippen LogP contribution is -2.02. The lowest BCUT2D eigenvalue weighted by atomic mass is 10.4. The van der Waals surface area contributed by atoms with Crippen LogP contribution in [0.4, 0.5) is 0 Å². The fraction of sp³-hybridized carbons (Fsp3) is 0.429. The number of nitrogens with zero attached hydrogens (tertiary/aromatic N) is 2. The molecule has 66 valence electrons. The Bertz CT molecular complexity index is 260. The lowest BCUT2D eigenvalue weighted by Gasteiger charge is -2.07. The van der Waals surface area contributed by atoms with Gasteiger partial charge in [0.15, 0.2) is 5.82 Å². The van der Waals surface area contributed by atoms with Gasteiger partial charge in [0.2, 0.25) is 0 Å². The molecule has 0 aliphatic carbocycles. The molecule has 0 spiro atoms. The average Bonchev–Trinajstić information content (AvgIpc) is 2.01. The molecule has 12 heavy (non-hydrogen) atoms. The summed E-state index contributed by atoms with van der Waals surface area (Å²) in [4.78, 5) is 8.31. The van der Waals surface area contributed by atoms with Gasteiger partial charge in [0.05, 0.1) is 0 Å². The molecule has 0 amide bonds. The second kappa shape index (κ2) is 4.30. The molecule has 1 heterocycles. The SMILES string of the molecule is COC(C)c1nc(Br)cc(Br)n1. The van der Waals surface area contributed by atoms with Crippen LogP contribution in [0.2, 0.25) is 0 Å². The molecule has 0 fully saturated rings. The van der Waals surface area contributed by atoms with Crippen molar-refractivity contribution >= 4 is 31.9 Å². The molecule has 1 aromatic heterocycles. The van der Waals surface area contributed by atoms with Crippen molar-refractivity contribution in [3.05, 3.63) is 21.1 Å². The summed E-state index contributed by atoms with van der Waals surface area (Å²) in [7, 11) is 1.63.